The minimum absolute atomic E-state index is 0.0652. The normalized spacial score (nSPS) is 11.7. The third kappa shape index (κ3) is 4.48. The van der Waals surface area contributed by atoms with Gasteiger partial charge in [-0.15, -0.1) is 0 Å². The van der Waals surface area contributed by atoms with Crippen LogP contribution in [0.4, 0.5) is 0 Å². The molecule has 0 aliphatic carbocycles. The molecule has 1 N–H and O–H groups in total. The lowest BCUT2D eigenvalue weighted by atomic mass is 10.2. The van der Waals surface area contributed by atoms with Crippen molar-refractivity contribution < 1.29 is 14.3 Å². The van der Waals surface area contributed by atoms with Crippen molar-refractivity contribution in [1.82, 2.24) is 15.3 Å². The standard InChI is InChI=1S/C12H17N3O3/c1-4-8(2)15-11(16)7-18-12(17)10-6-13-9(3)5-14-10/h5-6,8H,4,7H2,1-3H3,(H,15,16). The quantitative estimate of drug-likeness (QED) is 0.785. The molecule has 0 saturated carbocycles. The molecule has 0 aliphatic rings. The van der Waals surface area contributed by atoms with Gasteiger partial charge in [-0.2, -0.15) is 0 Å². The third-order valence-electron chi connectivity index (χ3n) is 2.34. The average molecular weight is 251 g/mol. The Bertz CT molecular complexity index is 417. The second kappa shape index (κ2) is 6.68. The predicted octanol–water partition coefficient (Wildman–Crippen LogP) is 0.857. The van der Waals surface area contributed by atoms with Crippen LogP contribution in [0.5, 0.6) is 0 Å². The van der Waals surface area contributed by atoms with Crippen LogP contribution in [0.2, 0.25) is 0 Å². The highest BCUT2D eigenvalue weighted by molar-refractivity contribution is 5.89. The van der Waals surface area contributed by atoms with Crippen LogP contribution >= 0.6 is 0 Å². The Morgan fingerprint density at radius 1 is 1.39 bits per heavy atom. The van der Waals surface area contributed by atoms with Gasteiger partial charge in [0.25, 0.3) is 5.91 Å². The maximum atomic E-state index is 11.5. The van der Waals surface area contributed by atoms with E-state index >= 15 is 0 Å². The van der Waals surface area contributed by atoms with E-state index in [1.165, 1.54) is 12.4 Å². The summed E-state index contributed by atoms with van der Waals surface area (Å²) in [6.07, 6.45) is 3.61. The van der Waals surface area contributed by atoms with Crippen LogP contribution in [0, 0.1) is 6.92 Å². The van der Waals surface area contributed by atoms with Gasteiger partial charge >= 0.3 is 5.97 Å². The third-order valence-corrected chi connectivity index (χ3v) is 2.34. The summed E-state index contributed by atoms with van der Waals surface area (Å²) < 4.78 is 4.82. The molecule has 6 heteroatoms. The molecule has 1 rings (SSSR count). The van der Waals surface area contributed by atoms with Crippen LogP contribution in [0.15, 0.2) is 12.4 Å². The van der Waals surface area contributed by atoms with E-state index in [4.69, 9.17) is 4.74 Å². The monoisotopic (exact) mass is 251 g/mol. The van der Waals surface area contributed by atoms with E-state index in [1.54, 1.807) is 6.92 Å². The zero-order valence-electron chi connectivity index (χ0n) is 10.8. The van der Waals surface area contributed by atoms with E-state index in [-0.39, 0.29) is 24.2 Å². The molecule has 0 bridgehead atoms. The molecule has 0 radical (unpaired) electrons. The van der Waals surface area contributed by atoms with Crippen molar-refractivity contribution in [3.05, 3.63) is 23.8 Å². The lowest BCUT2D eigenvalue weighted by Crippen LogP contribution is -2.35. The molecule has 6 nitrogen and oxygen atoms in total. The largest absolute Gasteiger partial charge is 0.451 e. The van der Waals surface area contributed by atoms with Gasteiger partial charge in [0.1, 0.15) is 0 Å². The van der Waals surface area contributed by atoms with Gasteiger partial charge < -0.3 is 10.1 Å². The molecule has 0 saturated heterocycles. The number of aromatic nitrogens is 2. The first kappa shape index (κ1) is 14.1. The summed E-state index contributed by atoms with van der Waals surface area (Å²) in [5, 5.41) is 2.69. The van der Waals surface area contributed by atoms with Crippen LogP contribution < -0.4 is 5.32 Å². The smallest absolute Gasteiger partial charge is 0.359 e. The Morgan fingerprint density at radius 2 is 2.11 bits per heavy atom. The molecule has 1 amide bonds. The van der Waals surface area contributed by atoms with Crippen molar-refractivity contribution in [1.29, 1.82) is 0 Å². The zero-order chi connectivity index (χ0) is 13.5. The van der Waals surface area contributed by atoms with E-state index in [2.05, 4.69) is 15.3 Å². The Hall–Kier alpha value is -1.98. The lowest BCUT2D eigenvalue weighted by molar-refractivity contribution is -0.124. The summed E-state index contributed by atoms with van der Waals surface area (Å²) >= 11 is 0. The molecule has 0 fully saturated rings. The number of hydrogen-bond acceptors (Lipinski definition) is 5. The molecule has 1 aromatic rings. The van der Waals surface area contributed by atoms with Gasteiger partial charge in [0.15, 0.2) is 12.3 Å². The number of carbonyl (C=O) groups is 2. The fourth-order valence-corrected chi connectivity index (χ4v) is 1.12. The first-order valence-corrected chi connectivity index (χ1v) is 5.78. The van der Waals surface area contributed by atoms with Crippen molar-refractivity contribution in [3.63, 3.8) is 0 Å². The fourth-order valence-electron chi connectivity index (χ4n) is 1.12. The topological polar surface area (TPSA) is 81.2 Å². The van der Waals surface area contributed by atoms with Gasteiger partial charge in [0.05, 0.1) is 11.9 Å². The highest BCUT2D eigenvalue weighted by atomic mass is 16.5. The summed E-state index contributed by atoms with van der Waals surface area (Å²) in [6, 6.07) is 0.0652. The molecule has 0 spiro atoms. The Morgan fingerprint density at radius 3 is 2.67 bits per heavy atom. The molecular formula is C12H17N3O3. The Kier molecular flexibility index (Phi) is 5.23. The van der Waals surface area contributed by atoms with Crippen molar-refractivity contribution in [2.75, 3.05) is 6.61 Å². The first-order valence-electron chi connectivity index (χ1n) is 5.78. The van der Waals surface area contributed by atoms with Crippen molar-refractivity contribution >= 4 is 11.9 Å². The Labute approximate surface area is 106 Å². The number of amides is 1. The van der Waals surface area contributed by atoms with Crippen molar-refractivity contribution in [3.8, 4) is 0 Å². The van der Waals surface area contributed by atoms with Gasteiger partial charge in [-0.25, -0.2) is 9.78 Å². The molecule has 0 aliphatic heterocycles. The molecule has 98 valence electrons. The molecule has 1 atom stereocenters. The van der Waals surface area contributed by atoms with E-state index in [0.717, 1.165) is 6.42 Å². The molecule has 18 heavy (non-hydrogen) atoms. The summed E-state index contributed by atoms with van der Waals surface area (Å²) in [4.78, 5) is 30.7. The van der Waals surface area contributed by atoms with Gasteiger partial charge in [-0.3, -0.25) is 9.78 Å². The van der Waals surface area contributed by atoms with Crippen LogP contribution in [0.3, 0.4) is 0 Å². The van der Waals surface area contributed by atoms with E-state index in [1.807, 2.05) is 13.8 Å². The Balaban J connectivity index is 2.41. The number of carbonyl (C=O) groups excluding carboxylic acids is 2. The van der Waals surface area contributed by atoms with Crippen molar-refractivity contribution in [2.24, 2.45) is 0 Å². The SMILES string of the molecule is CCC(C)NC(=O)COC(=O)c1cnc(C)cn1. The van der Waals surface area contributed by atoms with E-state index < -0.39 is 5.97 Å². The number of ether oxygens (including phenoxy) is 1. The minimum Gasteiger partial charge on any atom is -0.451 e. The zero-order valence-corrected chi connectivity index (χ0v) is 10.8. The van der Waals surface area contributed by atoms with Crippen molar-refractivity contribution in [2.45, 2.75) is 33.2 Å². The van der Waals surface area contributed by atoms with Crippen LogP contribution in [0.1, 0.15) is 36.5 Å². The fraction of sp³-hybridized carbons (Fsp3) is 0.500. The molecule has 1 unspecified atom stereocenters. The van der Waals surface area contributed by atoms with Gasteiger partial charge in [-0.05, 0) is 20.3 Å². The second-order valence-electron chi connectivity index (χ2n) is 4.00. The summed E-state index contributed by atoms with van der Waals surface area (Å²) in [5.41, 5.74) is 0.804. The molecule has 1 aromatic heterocycles. The summed E-state index contributed by atoms with van der Waals surface area (Å²) in [5.74, 6) is -0.973. The maximum absolute atomic E-state index is 11.5. The predicted molar refractivity (Wildman–Crippen MR) is 64.9 cm³/mol. The molecule has 1 heterocycles. The number of rotatable bonds is 5. The number of aryl methyl sites for hydroxylation is 1. The van der Waals surface area contributed by atoms with E-state index in [0.29, 0.717) is 5.69 Å². The molecular weight excluding hydrogens is 234 g/mol. The van der Waals surface area contributed by atoms with Gasteiger partial charge in [0, 0.05) is 12.2 Å². The van der Waals surface area contributed by atoms with Crippen LogP contribution in [-0.4, -0.2) is 34.5 Å². The highest BCUT2D eigenvalue weighted by Gasteiger charge is 2.12. The first-order chi connectivity index (χ1) is 8.52. The molecule has 0 aromatic carbocycles. The highest BCUT2D eigenvalue weighted by Crippen LogP contribution is 1.97. The van der Waals surface area contributed by atoms with Gasteiger partial charge in [-0.1, -0.05) is 6.92 Å². The van der Waals surface area contributed by atoms with Crippen LogP contribution in [0.25, 0.3) is 0 Å². The maximum Gasteiger partial charge on any atom is 0.359 e. The lowest BCUT2D eigenvalue weighted by Gasteiger charge is -2.11. The summed E-state index contributed by atoms with van der Waals surface area (Å²) in [7, 11) is 0. The van der Waals surface area contributed by atoms with Crippen LogP contribution in [-0.2, 0) is 9.53 Å². The number of hydrogen-bond donors (Lipinski definition) is 1. The van der Waals surface area contributed by atoms with E-state index in [9.17, 15) is 9.59 Å². The second-order valence-corrected chi connectivity index (χ2v) is 4.00. The average Bonchev–Trinajstić information content (AvgIpc) is 2.36. The number of esters is 1. The minimum atomic E-state index is -0.651. The number of nitrogens with one attached hydrogen (secondary N) is 1. The number of nitrogens with zero attached hydrogens (tertiary/aromatic N) is 2. The summed E-state index contributed by atoms with van der Waals surface area (Å²) in [6.45, 7) is 5.30. The van der Waals surface area contributed by atoms with Gasteiger partial charge in [0.2, 0.25) is 0 Å².